The van der Waals surface area contributed by atoms with Crippen LogP contribution in [0.2, 0.25) is 0 Å². The summed E-state index contributed by atoms with van der Waals surface area (Å²) >= 11 is 1.60. The summed E-state index contributed by atoms with van der Waals surface area (Å²) in [4.78, 5) is 7.95. The van der Waals surface area contributed by atoms with Gasteiger partial charge in [-0.1, -0.05) is 17.3 Å². The SMILES string of the molecule is COc1ccc([C@H]2CCCN2Cc2noc(-c3cccs3)n2)cc1OC. The Labute approximate surface area is 156 Å². The van der Waals surface area contributed by atoms with Crippen molar-refractivity contribution in [3.8, 4) is 22.3 Å². The predicted molar refractivity (Wildman–Crippen MR) is 99.5 cm³/mol. The summed E-state index contributed by atoms with van der Waals surface area (Å²) in [5, 5.41) is 6.17. The average Bonchev–Trinajstić information content (AvgIpc) is 3.42. The van der Waals surface area contributed by atoms with Gasteiger partial charge in [-0.15, -0.1) is 11.3 Å². The molecule has 1 fully saturated rings. The smallest absolute Gasteiger partial charge is 0.268 e. The number of likely N-dealkylation sites (tertiary alicyclic amines) is 1. The standard InChI is InChI=1S/C19H21N3O3S/c1-23-15-8-7-13(11-16(15)24-2)14-5-3-9-22(14)12-18-20-19(25-21-18)17-6-4-10-26-17/h4,6-8,10-11,14H,3,5,9,12H2,1-2H3/t14-/m1/s1. The van der Waals surface area contributed by atoms with Gasteiger partial charge in [0.05, 0.1) is 25.6 Å². The number of rotatable bonds is 6. The number of methoxy groups -OCH3 is 2. The number of hydrogen-bond donors (Lipinski definition) is 0. The Bertz CT molecular complexity index is 863. The lowest BCUT2D eigenvalue weighted by atomic mass is 10.0. The molecule has 0 bridgehead atoms. The first-order chi connectivity index (χ1) is 12.8. The fourth-order valence-corrected chi connectivity index (χ4v) is 4.10. The van der Waals surface area contributed by atoms with Gasteiger partial charge in [-0.2, -0.15) is 4.98 Å². The molecule has 0 unspecified atom stereocenters. The lowest BCUT2D eigenvalue weighted by Gasteiger charge is -2.24. The van der Waals surface area contributed by atoms with Crippen LogP contribution in [0, 0.1) is 0 Å². The van der Waals surface area contributed by atoms with Crippen LogP contribution in [0.1, 0.15) is 30.3 Å². The Balaban J connectivity index is 1.52. The molecule has 1 aliphatic heterocycles. The van der Waals surface area contributed by atoms with E-state index < -0.39 is 0 Å². The normalized spacial score (nSPS) is 17.5. The maximum atomic E-state index is 5.45. The number of benzene rings is 1. The molecular formula is C19H21N3O3S. The predicted octanol–water partition coefficient (Wildman–Crippen LogP) is 4.15. The zero-order valence-corrected chi connectivity index (χ0v) is 15.7. The molecule has 1 aliphatic rings. The maximum Gasteiger partial charge on any atom is 0.268 e. The topological polar surface area (TPSA) is 60.6 Å². The van der Waals surface area contributed by atoms with Gasteiger partial charge in [-0.05, 0) is 48.5 Å². The first-order valence-corrected chi connectivity index (χ1v) is 9.49. The largest absolute Gasteiger partial charge is 0.493 e. The average molecular weight is 371 g/mol. The van der Waals surface area contributed by atoms with Gasteiger partial charge in [0.25, 0.3) is 5.89 Å². The number of thiophene rings is 1. The van der Waals surface area contributed by atoms with Crippen LogP contribution in [0.5, 0.6) is 11.5 Å². The van der Waals surface area contributed by atoms with Crippen molar-refractivity contribution in [1.82, 2.24) is 15.0 Å². The molecule has 4 rings (SSSR count). The molecule has 7 heteroatoms. The van der Waals surface area contributed by atoms with Crippen molar-refractivity contribution < 1.29 is 14.0 Å². The number of ether oxygens (including phenoxy) is 2. The Hall–Kier alpha value is -2.38. The molecule has 0 radical (unpaired) electrons. The van der Waals surface area contributed by atoms with E-state index in [1.807, 2.05) is 23.6 Å². The summed E-state index contributed by atoms with van der Waals surface area (Å²) in [5.41, 5.74) is 1.22. The molecule has 3 heterocycles. The Kier molecular flexibility index (Phi) is 4.90. The molecular weight excluding hydrogens is 350 g/mol. The third-order valence-corrected chi connectivity index (χ3v) is 5.56. The molecule has 3 aromatic rings. The Morgan fingerprint density at radius 2 is 2.12 bits per heavy atom. The Morgan fingerprint density at radius 1 is 1.23 bits per heavy atom. The molecule has 0 N–H and O–H groups in total. The van der Waals surface area contributed by atoms with E-state index in [4.69, 9.17) is 14.0 Å². The van der Waals surface area contributed by atoms with Crippen LogP contribution in [0.4, 0.5) is 0 Å². The molecule has 0 amide bonds. The second-order valence-electron chi connectivity index (χ2n) is 6.24. The van der Waals surface area contributed by atoms with Crippen molar-refractivity contribution in [1.29, 1.82) is 0 Å². The van der Waals surface area contributed by atoms with Crippen LogP contribution < -0.4 is 9.47 Å². The van der Waals surface area contributed by atoms with E-state index >= 15 is 0 Å². The zero-order valence-electron chi connectivity index (χ0n) is 14.8. The van der Waals surface area contributed by atoms with Crippen molar-refractivity contribution in [2.45, 2.75) is 25.4 Å². The number of nitrogens with zero attached hydrogens (tertiary/aromatic N) is 3. The molecule has 6 nitrogen and oxygen atoms in total. The monoisotopic (exact) mass is 371 g/mol. The lowest BCUT2D eigenvalue weighted by molar-refractivity contribution is 0.237. The summed E-state index contributed by atoms with van der Waals surface area (Å²) in [6.45, 7) is 1.69. The van der Waals surface area contributed by atoms with Crippen molar-refractivity contribution in [3.63, 3.8) is 0 Å². The van der Waals surface area contributed by atoms with Gasteiger partial charge >= 0.3 is 0 Å². The molecule has 0 spiro atoms. The maximum absolute atomic E-state index is 5.45. The van der Waals surface area contributed by atoms with E-state index in [2.05, 4.69) is 27.2 Å². The van der Waals surface area contributed by atoms with E-state index in [0.717, 1.165) is 41.6 Å². The van der Waals surface area contributed by atoms with E-state index in [1.54, 1.807) is 25.6 Å². The lowest BCUT2D eigenvalue weighted by Crippen LogP contribution is -2.23. The molecule has 136 valence electrons. The second kappa shape index (κ2) is 7.47. The second-order valence-corrected chi connectivity index (χ2v) is 7.18. The van der Waals surface area contributed by atoms with Gasteiger partial charge in [0, 0.05) is 6.04 Å². The van der Waals surface area contributed by atoms with Crippen LogP contribution in [0.3, 0.4) is 0 Å². The zero-order chi connectivity index (χ0) is 17.9. The molecule has 1 aromatic carbocycles. The highest BCUT2D eigenvalue weighted by Crippen LogP contribution is 2.37. The minimum Gasteiger partial charge on any atom is -0.493 e. The molecule has 26 heavy (non-hydrogen) atoms. The fourth-order valence-electron chi connectivity index (χ4n) is 3.45. The van der Waals surface area contributed by atoms with Crippen molar-refractivity contribution in [2.75, 3.05) is 20.8 Å². The summed E-state index contributed by atoms with van der Waals surface area (Å²) in [7, 11) is 3.32. The highest BCUT2D eigenvalue weighted by atomic mass is 32.1. The van der Waals surface area contributed by atoms with Gasteiger partial charge < -0.3 is 14.0 Å². The Morgan fingerprint density at radius 3 is 2.88 bits per heavy atom. The summed E-state index contributed by atoms with van der Waals surface area (Å²) < 4.78 is 16.2. The van der Waals surface area contributed by atoms with Gasteiger partial charge in [0.1, 0.15) is 0 Å². The van der Waals surface area contributed by atoms with Crippen molar-refractivity contribution in [3.05, 3.63) is 47.1 Å². The molecule has 2 aromatic heterocycles. The first kappa shape index (κ1) is 17.1. The van der Waals surface area contributed by atoms with Crippen molar-refractivity contribution >= 4 is 11.3 Å². The minimum atomic E-state index is 0.318. The quantitative estimate of drug-likeness (QED) is 0.649. The third kappa shape index (κ3) is 3.32. The van der Waals surface area contributed by atoms with Gasteiger partial charge in [0.2, 0.25) is 0 Å². The summed E-state index contributed by atoms with van der Waals surface area (Å²) in [5.74, 6) is 2.83. The number of hydrogen-bond acceptors (Lipinski definition) is 7. The van der Waals surface area contributed by atoms with Crippen LogP contribution >= 0.6 is 11.3 Å². The summed E-state index contributed by atoms with van der Waals surface area (Å²) in [6, 6.07) is 10.4. The van der Waals surface area contributed by atoms with E-state index in [9.17, 15) is 0 Å². The van der Waals surface area contributed by atoms with Crippen LogP contribution in [-0.2, 0) is 6.54 Å². The fraction of sp³-hybridized carbons (Fsp3) is 0.368. The molecule has 1 saturated heterocycles. The van der Waals surface area contributed by atoms with Crippen LogP contribution in [-0.4, -0.2) is 35.8 Å². The van der Waals surface area contributed by atoms with Crippen LogP contribution in [0.25, 0.3) is 10.8 Å². The van der Waals surface area contributed by atoms with Gasteiger partial charge in [0.15, 0.2) is 17.3 Å². The summed E-state index contributed by atoms with van der Waals surface area (Å²) in [6.07, 6.45) is 2.25. The highest BCUT2D eigenvalue weighted by Gasteiger charge is 2.28. The minimum absolute atomic E-state index is 0.318. The van der Waals surface area contributed by atoms with Gasteiger partial charge in [-0.25, -0.2) is 0 Å². The van der Waals surface area contributed by atoms with E-state index in [1.165, 1.54) is 5.56 Å². The molecule has 0 saturated carbocycles. The van der Waals surface area contributed by atoms with E-state index in [-0.39, 0.29) is 0 Å². The third-order valence-electron chi connectivity index (χ3n) is 4.70. The number of aromatic nitrogens is 2. The molecule has 1 atom stereocenters. The molecule has 0 aliphatic carbocycles. The first-order valence-electron chi connectivity index (χ1n) is 8.61. The van der Waals surface area contributed by atoms with Crippen LogP contribution in [0.15, 0.2) is 40.2 Å². The van der Waals surface area contributed by atoms with Crippen molar-refractivity contribution in [2.24, 2.45) is 0 Å². The highest BCUT2D eigenvalue weighted by molar-refractivity contribution is 7.13. The van der Waals surface area contributed by atoms with Gasteiger partial charge in [-0.3, -0.25) is 4.90 Å². The van der Waals surface area contributed by atoms with E-state index in [0.29, 0.717) is 18.5 Å².